The summed E-state index contributed by atoms with van der Waals surface area (Å²) in [6, 6.07) is 3.68. The Hall–Kier alpha value is -1.64. The van der Waals surface area contributed by atoms with Gasteiger partial charge in [-0.15, -0.1) is 0 Å². The van der Waals surface area contributed by atoms with Gasteiger partial charge in [0.1, 0.15) is 0 Å². The lowest BCUT2D eigenvalue weighted by Crippen LogP contribution is -1.87. The fraction of sp³-hybridized carbons (Fsp3) is 0.111. The van der Waals surface area contributed by atoms with E-state index < -0.39 is 5.97 Å². The van der Waals surface area contributed by atoms with Crippen molar-refractivity contribution < 1.29 is 9.90 Å². The minimum atomic E-state index is -0.960. The maximum absolute atomic E-state index is 10.1. The number of nitrogens with zero attached hydrogens (tertiary/aromatic N) is 1. The minimum absolute atomic E-state index is 0.664. The number of carboxylic acid groups (broad SMARTS) is 1. The van der Waals surface area contributed by atoms with E-state index in [0.717, 1.165) is 11.6 Å². The fourth-order valence-corrected chi connectivity index (χ4v) is 0.807. The Labute approximate surface area is 70.4 Å². The fourth-order valence-electron chi connectivity index (χ4n) is 0.807. The molecule has 0 aliphatic rings. The van der Waals surface area contributed by atoms with Gasteiger partial charge in [-0.25, -0.2) is 4.79 Å². The highest BCUT2D eigenvalue weighted by atomic mass is 16.4. The zero-order valence-corrected chi connectivity index (χ0v) is 6.69. The lowest BCUT2D eigenvalue weighted by Gasteiger charge is -1.92. The van der Waals surface area contributed by atoms with Crippen LogP contribution in [0.5, 0.6) is 0 Å². The Kier molecular flexibility index (Phi) is 2.58. The van der Waals surface area contributed by atoms with Crippen molar-refractivity contribution in [2.45, 2.75) is 6.92 Å². The quantitative estimate of drug-likeness (QED) is 0.672. The largest absolute Gasteiger partial charge is 0.478 e. The van der Waals surface area contributed by atoms with E-state index in [4.69, 9.17) is 5.11 Å². The molecule has 0 spiro atoms. The highest BCUT2D eigenvalue weighted by Crippen LogP contribution is 2.01. The zero-order chi connectivity index (χ0) is 8.97. The first kappa shape index (κ1) is 8.46. The molecular formula is C9H9NO2. The Morgan fingerprint density at radius 2 is 2.42 bits per heavy atom. The lowest BCUT2D eigenvalue weighted by molar-refractivity contribution is -0.131. The van der Waals surface area contributed by atoms with Crippen LogP contribution in [0, 0.1) is 6.92 Å². The van der Waals surface area contributed by atoms with E-state index in [1.54, 1.807) is 6.20 Å². The Balaban J connectivity index is 2.83. The number of aromatic nitrogens is 1. The van der Waals surface area contributed by atoms with Crippen molar-refractivity contribution in [2.24, 2.45) is 0 Å². The van der Waals surface area contributed by atoms with Crippen LogP contribution < -0.4 is 0 Å². The van der Waals surface area contributed by atoms with Gasteiger partial charge in [0.2, 0.25) is 0 Å². The molecule has 0 unspecified atom stereocenters. The molecule has 0 fully saturated rings. The van der Waals surface area contributed by atoms with E-state index in [9.17, 15) is 4.79 Å². The van der Waals surface area contributed by atoms with Crippen LogP contribution in [0.15, 0.2) is 24.4 Å². The normalized spacial score (nSPS) is 10.4. The number of carboxylic acids is 1. The molecular weight excluding hydrogens is 154 g/mol. The number of pyridine rings is 1. The van der Waals surface area contributed by atoms with Crippen LogP contribution in [0.25, 0.3) is 6.08 Å². The van der Waals surface area contributed by atoms with Crippen molar-refractivity contribution in [1.29, 1.82) is 0 Å². The molecule has 3 heteroatoms. The number of hydrogen-bond donors (Lipinski definition) is 1. The van der Waals surface area contributed by atoms with Gasteiger partial charge in [0.15, 0.2) is 0 Å². The molecule has 0 aliphatic heterocycles. The molecule has 1 aromatic rings. The minimum Gasteiger partial charge on any atom is -0.478 e. The zero-order valence-electron chi connectivity index (χ0n) is 6.69. The van der Waals surface area contributed by atoms with Crippen molar-refractivity contribution >= 4 is 12.0 Å². The van der Waals surface area contributed by atoms with Crippen LogP contribution >= 0.6 is 0 Å². The van der Waals surface area contributed by atoms with Gasteiger partial charge in [0.05, 0.1) is 5.69 Å². The van der Waals surface area contributed by atoms with Crippen molar-refractivity contribution in [3.63, 3.8) is 0 Å². The molecule has 12 heavy (non-hydrogen) atoms. The number of aliphatic carboxylic acids is 1. The SMILES string of the molecule is Cc1ccnc(C=CC(=O)O)c1. The summed E-state index contributed by atoms with van der Waals surface area (Å²) in [6.45, 7) is 1.93. The van der Waals surface area contributed by atoms with Crippen LogP contribution in [0.4, 0.5) is 0 Å². The molecule has 0 radical (unpaired) electrons. The van der Waals surface area contributed by atoms with Gasteiger partial charge in [-0.05, 0) is 30.7 Å². The molecule has 0 saturated heterocycles. The van der Waals surface area contributed by atoms with Crippen LogP contribution in [-0.4, -0.2) is 16.1 Å². The van der Waals surface area contributed by atoms with Crippen LogP contribution in [0.1, 0.15) is 11.3 Å². The molecule has 62 valence electrons. The van der Waals surface area contributed by atoms with E-state index in [-0.39, 0.29) is 0 Å². The number of carbonyl (C=O) groups is 1. The topological polar surface area (TPSA) is 50.2 Å². The van der Waals surface area contributed by atoms with Crippen molar-refractivity contribution in [1.82, 2.24) is 4.98 Å². The maximum Gasteiger partial charge on any atom is 0.328 e. The second kappa shape index (κ2) is 3.67. The third-order valence-corrected chi connectivity index (χ3v) is 1.33. The predicted octanol–water partition coefficient (Wildman–Crippen LogP) is 1.49. The van der Waals surface area contributed by atoms with Gasteiger partial charge in [-0.2, -0.15) is 0 Å². The van der Waals surface area contributed by atoms with Crippen molar-refractivity contribution in [3.8, 4) is 0 Å². The molecule has 3 nitrogen and oxygen atoms in total. The average molecular weight is 163 g/mol. The predicted molar refractivity (Wildman–Crippen MR) is 45.6 cm³/mol. The smallest absolute Gasteiger partial charge is 0.328 e. The van der Waals surface area contributed by atoms with Gasteiger partial charge in [0.25, 0.3) is 0 Å². The van der Waals surface area contributed by atoms with Gasteiger partial charge in [-0.3, -0.25) is 4.98 Å². The molecule has 0 saturated carbocycles. The molecule has 0 atom stereocenters. The van der Waals surface area contributed by atoms with E-state index in [1.165, 1.54) is 6.08 Å². The summed E-state index contributed by atoms with van der Waals surface area (Å²) in [5.74, 6) is -0.960. The van der Waals surface area contributed by atoms with Crippen LogP contribution in [0.3, 0.4) is 0 Å². The number of rotatable bonds is 2. The second-order valence-electron chi connectivity index (χ2n) is 2.43. The monoisotopic (exact) mass is 163 g/mol. The first-order chi connectivity index (χ1) is 5.68. The van der Waals surface area contributed by atoms with E-state index >= 15 is 0 Å². The van der Waals surface area contributed by atoms with Gasteiger partial charge < -0.3 is 5.11 Å². The molecule has 0 aromatic carbocycles. The molecule has 1 rings (SSSR count). The van der Waals surface area contributed by atoms with Crippen LogP contribution in [0.2, 0.25) is 0 Å². The summed E-state index contributed by atoms with van der Waals surface area (Å²) < 4.78 is 0. The van der Waals surface area contributed by atoms with Gasteiger partial charge in [0, 0.05) is 12.3 Å². The molecule has 1 heterocycles. The van der Waals surface area contributed by atoms with E-state index in [1.807, 2.05) is 19.1 Å². The summed E-state index contributed by atoms with van der Waals surface area (Å²) in [5, 5.41) is 8.33. The Morgan fingerprint density at radius 1 is 1.67 bits per heavy atom. The van der Waals surface area contributed by atoms with E-state index in [2.05, 4.69) is 4.98 Å². The molecule has 1 aromatic heterocycles. The summed E-state index contributed by atoms with van der Waals surface area (Å²) in [5.41, 5.74) is 1.73. The highest BCUT2D eigenvalue weighted by molar-refractivity contribution is 5.84. The maximum atomic E-state index is 10.1. The Morgan fingerprint density at radius 3 is 3.00 bits per heavy atom. The van der Waals surface area contributed by atoms with Gasteiger partial charge in [-0.1, -0.05) is 0 Å². The molecule has 0 amide bonds. The molecule has 0 bridgehead atoms. The third kappa shape index (κ3) is 2.54. The average Bonchev–Trinajstić information content (AvgIpc) is 2.01. The van der Waals surface area contributed by atoms with E-state index in [0.29, 0.717) is 5.69 Å². The van der Waals surface area contributed by atoms with Gasteiger partial charge >= 0.3 is 5.97 Å². The molecule has 1 N–H and O–H groups in total. The highest BCUT2D eigenvalue weighted by Gasteiger charge is 1.90. The molecule has 0 aliphatic carbocycles. The summed E-state index contributed by atoms with van der Waals surface area (Å²) in [7, 11) is 0. The summed E-state index contributed by atoms with van der Waals surface area (Å²) in [4.78, 5) is 14.1. The number of aryl methyl sites for hydroxylation is 1. The lowest BCUT2D eigenvalue weighted by atomic mass is 10.2. The van der Waals surface area contributed by atoms with Crippen molar-refractivity contribution in [2.75, 3.05) is 0 Å². The van der Waals surface area contributed by atoms with Crippen LogP contribution in [-0.2, 0) is 4.79 Å². The summed E-state index contributed by atoms with van der Waals surface area (Å²) >= 11 is 0. The first-order valence-corrected chi connectivity index (χ1v) is 3.52. The van der Waals surface area contributed by atoms with Crippen molar-refractivity contribution in [3.05, 3.63) is 35.7 Å². The standard InChI is InChI=1S/C9H9NO2/c1-7-4-5-10-8(6-7)2-3-9(11)12/h2-6H,1H3,(H,11,12). The third-order valence-electron chi connectivity index (χ3n) is 1.33. The Bertz CT molecular complexity index is 318. The second-order valence-corrected chi connectivity index (χ2v) is 2.43. The first-order valence-electron chi connectivity index (χ1n) is 3.52. The number of hydrogen-bond acceptors (Lipinski definition) is 2. The summed E-state index contributed by atoms with van der Waals surface area (Å²) in [6.07, 6.45) is 4.19.